The molecule has 22 heavy (non-hydrogen) atoms. The molecule has 2 aromatic rings. The van der Waals surface area contributed by atoms with E-state index in [9.17, 15) is 4.79 Å². The third-order valence-corrected chi connectivity index (χ3v) is 3.42. The van der Waals surface area contributed by atoms with Crippen LogP contribution in [0.1, 0.15) is 43.7 Å². The first-order chi connectivity index (χ1) is 10.5. The summed E-state index contributed by atoms with van der Waals surface area (Å²) in [5.41, 5.74) is 2.43. The molecule has 0 unspecified atom stereocenters. The van der Waals surface area contributed by atoms with Crippen LogP contribution in [0.4, 0.5) is 0 Å². The standard InChI is InChI=1S/C19H23NO2/c1-14(2)13-16-6-8-17(9-7-16)15(3)20-19(21)11-10-18-5-4-12-22-18/h4-12,14-15H,13H2,1-3H3,(H,20,21)/b11-10+/t15-/m0/s1. The van der Waals surface area contributed by atoms with E-state index in [0.29, 0.717) is 11.7 Å². The van der Waals surface area contributed by atoms with Gasteiger partial charge in [0.1, 0.15) is 5.76 Å². The lowest BCUT2D eigenvalue weighted by molar-refractivity contribution is -0.117. The Morgan fingerprint density at radius 3 is 2.50 bits per heavy atom. The Morgan fingerprint density at radius 2 is 1.91 bits per heavy atom. The third-order valence-electron chi connectivity index (χ3n) is 3.42. The fourth-order valence-corrected chi connectivity index (χ4v) is 2.30. The Labute approximate surface area is 132 Å². The molecule has 1 amide bonds. The smallest absolute Gasteiger partial charge is 0.244 e. The van der Waals surface area contributed by atoms with Crippen LogP contribution in [-0.2, 0) is 11.2 Å². The van der Waals surface area contributed by atoms with Crippen LogP contribution in [0, 0.1) is 5.92 Å². The second-order valence-electron chi connectivity index (χ2n) is 5.92. The summed E-state index contributed by atoms with van der Waals surface area (Å²) < 4.78 is 5.15. The van der Waals surface area contributed by atoms with Gasteiger partial charge in [0.2, 0.25) is 5.91 Å². The van der Waals surface area contributed by atoms with Gasteiger partial charge < -0.3 is 9.73 Å². The number of amides is 1. The van der Waals surface area contributed by atoms with Crippen molar-refractivity contribution in [2.45, 2.75) is 33.2 Å². The minimum Gasteiger partial charge on any atom is -0.465 e. The Morgan fingerprint density at radius 1 is 1.18 bits per heavy atom. The van der Waals surface area contributed by atoms with Gasteiger partial charge in [0.05, 0.1) is 12.3 Å². The summed E-state index contributed by atoms with van der Waals surface area (Å²) in [5, 5.41) is 2.95. The summed E-state index contributed by atoms with van der Waals surface area (Å²) in [7, 11) is 0. The molecule has 1 N–H and O–H groups in total. The lowest BCUT2D eigenvalue weighted by atomic mass is 10.00. The molecule has 1 atom stereocenters. The van der Waals surface area contributed by atoms with Crippen molar-refractivity contribution in [2.24, 2.45) is 5.92 Å². The van der Waals surface area contributed by atoms with Crippen LogP contribution < -0.4 is 5.32 Å². The molecule has 1 aromatic heterocycles. The van der Waals surface area contributed by atoms with E-state index in [-0.39, 0.29) is 11.9 Å². The summed E-state index contributed by atoms with van der Waals surface area (Å²) >= 11 is 0. The molecule has 116 valence electrons. The number of benzene rings is 1. The molecule has 3 heteroatoms. The Bertz CT molecular complexity index is 609. The van der Waals surface area contributed by atoms with Crippen molar-refractivity contribution in [2.75, 3.05) is 0 Å². The zero-order chi connectivity index (χ0) is 15.9. The summed E-state index contributed by atoms with van der Waals surface area (Å²) in [5.74, 6) is 1.19. The van der Waals surface area contributed by atoms with Crippen molar-refractivity contribution in [3.8, 4) is 0 Å². The van der Waals surface area contributed by atoms with Gasteiger partial charge in [-0.25, -0.2) is 0 Å². The number of nitrogens with one attached hydrogen (secondary N) is 1. The number of furan rings is 1. The fraction of sp³-hybridized carbons (Fsp3) is 0.316. The largest absolute Gasteiger partial charge is 0.465 e. The van der Waals surface area contributed by atoms with Crippen molar-refractivity contribution in [1.82, 2.24) is 5.32 Å². The highest BCUT2D eigenvalue weighted by Gasteiger charge is 2.08. The maximum Gasteiger partial charge on any atom is 0.244 e. The molecule has 0 radical (unpaired) electrons. The highest BCUT2D eigenvalue weighted by atomic mass is 16.3. The molecule has 0 saturated heterocycles. The molecule has 2 rings (SSSR count). The van der Waals surface area contributed by atoms with E-state index in [0.717, 1.165) is 12.0 Å². The quantitative estimate of drug-likeness (QED) is 0.804. The number of hydrogen-bond acceptors (Lipinski definition) is 2. The second-order valence-corrected chi connectivity index (χ2v) is 5.92. The predicted molar refractivity (Wildman–Crippen MR) is 89.3 cm³/mol. The van der Waals surface area contributed by atoms with Gasteiger partial charge in [-0.05, 0) is 48.6 Å². The number of hydrogen-bond donors (Lipinski definition) is 1. The highest BCUT2D eigenvalue weighted by molar-refractivity contribution is 5.91. The fourth-order valence-electron chi connectivity index (χ4n) is 2.30. The molecular formula is C19H23NO2. The zero-order valence-electron chi connectivity index (χ0n) is 13.4. The van der Waals surface area contributed by atoms with Crippen molar-refractivity contribution < 1.29 is 9.21 Å². The summed E-state index contributed by atoms with van der Waals surface area (Å²) in [6.45, 7) is 6.40. The van der Waals surface area contributed by atoms with Crippen LogP contribution in [0.15, 0.2) is 53.2 Å². The third kappa shape index (κ3) is 4.92. The molecule has 0 fully saturated rings. The van der Waals surface area contributed by atoms with Crippen LogP contribution in [0.2, 0.25) is 0 Å². The van der Waals surface area contributed by atoms with Gasteiger partial charge in [0.15, 0.2) is 0 Å². The average Bonchev–Trinajstić information content (AvgIpc) is 2.98. The molecular weight excluding hydrogens is 274 g/mol. The van der Waals surface area contributed by atoms with Crippen molar-refractivity contribution >= 4 is 12.0 Å². The van der Waals surface area contributed by atoms with Gasteiger partial charge in [-0.2, -0.15) is 0 Å². The van der Waals surface area contributed by atoms with E-state index in [1.165, 1.54) is 11.6 Å². The molecule has 3 nitrogen and oxygen atoms in total. The molecule has 1 heterocycles. The van der Waals surface area contributed by atoms with Gasteiger partial charge in [-0.1, -0.05) is 38.1 Å². The van der Waals surface area contributed by atoms with E-state index in [4.69, 9.17) is 4.42 Å². The van der Waals surface area contributed by atoms with Crippen LogP contribution in [0.25, 0.3) is 6.08 Å². The first-order valence-corrected chi connectivity index (χ1v) is 7.65. The van der Waals surface area contributed by atoms with E-state index < -0.39 is 0 Å². The lowest BCUT2D eigenvalue weighted by Gasteiger charge is -2.14. The Kier molecular flexibility index (Phi) is 5.59. The molecule has 0 saturated carbocycles. The monoisotopic (exact) mass is 297 g/mol. The molecule has 0 spiro atoms. The van der Waals surface area contributed by atoms with Crippen molar-refractivity contribution in [3.05, 3.63) is 65.6 Å². The van der Waals surface area contributed by atoms with Gasteiger partial charge in [0.25, 0.3) is 0 Å². The predicted octanol–water partition coefficient (Wildman–Crippen LogP) is 4.37. The minimum absolute atomic E-state index is 0.0261. The maximum atomic E-state index is 11.9. The van der Waals surface area contributed by atoms with Gasteiger partial charge in [-0.15, -0.1) is 0 Å². The minimum atomic E-state index is -0.129. The van der Waals surface area contributed by atoms with Gasteiger partial charge >= 0.3 is 0 Å². The molecule has 0 aliphatic heterocycles. The molecule has 1 aromatic carbocycles. The van der Waals surface area contributed by atoms with Crippen molar-refractivity contribution in [1.29, 1.82) is 0 Å². The van der Waals surface area contributed by atoms with Gasteiger partial charge in [0, 0.05) is 6.08 Å². The Balaban J connectivity index is 1.91. The number of carbonyl (C=O) groups excluding carboxylic acids is 1. The van der Waals surface area contributed by atoms with Crippen LogP contribution in [-0.4, -0.2) is 5.91 Å². The topological polar surface area (TPSA) is 42.2 Å². The highest BCUT2D eigenvalue weighted by Crippen LogP contribution is 2.15. The molecule has 0 aliphatic carbocycles. The van der Waals surface area contributed by atoms with Crippen molar-refractivity contribution in [3.63, 3.8) is 0 Å². The first-order valence-electron chi connectivity index (χ1n) is 7.65. The SMILES string of the molecule is CC(C)Cc1ccc([C@H](C)NC(=O)/C=C/c2ccco2)cc1. The molecule has 0 bridgehead atoms. The van der Waals surface area contributed by atoms with E-state index in [1.807, 2.05) is 6.92 Å². The normalized spacial score (nSPS) is 12.7. The van der Waals surface area contributed by atoms with E-state index in [2.05, 4.69) is 43.4 Å². The maximum absolute atomic E-state index is 11.9. The Hall–Kier alpha value is -2.29. The van der Waals surface area contributed by atoms with Crippen LogP contribution in [0.5, 0.6) is 0 Å². The van der Waals surface area contributed by atoms with Crippen LogP contribution >= 0.6 is 0 Å². The molecule has 0 aliphatic rings. The second kappa shape index (κ2) is 7.64. The average molecular weight is 297 g/mol. The lowest BCUT2D eigenvalue weighted by Crippen LogP contribution is -2.24. The summed E-state index contributed by atoms with van der Waals surface area (Å²) in [6.07, 6.45) is 5.81. The summed E-state index contributed by atoms with van der Waals surface area (Å²) in [6, 6.07) is 12.0. The van der Waals surface area contributed by atoms with E-state index >= 15 is 0 Å². The first kappa shape index (κ1) is 16.1. The van der Waals surface area contributed by atoms with Crippen LogP contribution in [0.3, 0.4) is 0 Å². The zero-order valence-corrected chi connectivity index (χ0v) is 13.4. The van der Waals surface area contributed by atoms with E-state index in [1.54, 1.807) is 24.5 Å². The number of rotatable bonds is 6. The summed E-state index contributed by atoms with van der Waals surface area (Å²) in [4.78, 5) is 11.9. The number of carbonyl (C=O) groups is 1. The van der Waals surface area contributed by atoms with Gasteiger partial charge in [-0.3, -0.25) is 4.79 Å².